The molecule has 1 amide bonds. The number of amides is 1. The maximum absolute atomic E-state index is 12.9. The lowest BCUT2D eigenvalue weighted by atomic mass is 10.1. The molecule has 0 aliphatic rings. The third-order valence-electron chi connectivity index (χ3n) is 3.22. The van der Waals surface area contributed by atoms with Gasteiger partial charge in [-0.3, -0.25) is 4.79 Å². The zero-order valence-electron chi connectivity index (χ0n) is 12.1. The van der Waals surface area contributed by atoms with Crippen LogP contribution in [-0.4, -0.2) is 19.5 Å². The Morgan fingerprint density at radius 2 is 1.90 bits per heavy atom. The molecule has 0 saturated carbocycles. The van der Waals surface area contributed by atoms with Crippen LogP contribution < -0.4 is 16.0 Å². The Hall–Kier alpha value is -2.56. The lowest BCUT2D eigenvalue weighted by molar-refractivity contribution is -0.114. The molecule has 0 unspecified atom stereocenters. The van der Waals surface area contributed by atoms with E-state index < -0.39 is 0 Å². The van der Waals surface area contributed by atoms with Gasteiger partial charge in [0, 0.05) is 12.7 Å². The number of anilines is 3. The standard InChI is InChI=1S/C16H18FN3O/c1-11-4-3-5-14(18)16(11)19-15(21)10-20(2)13-8-6-12(17)7-9-13/h3-9H,10,18H2,1-2H3,(H,19,21). The molecule has 0 fully saturated rings. The average molecular weight is 287 g/mol. The number of carbonyl (C=O) groups is 1. The van der Waals surface area contributed by atoms with E-state index in [1.807, 2.05) is 19.1 Å². The molecule has 5 heteroatoms. The van der Waals surface area contributed by atoms with Gasteiger partial charge in [-0.05, 0) is 42.8 Å². The summed E-state index contributed by atoms with van der Waals surface area (Å²) < 4.78 is 12.9. The number of nitrogens with zero attached hydrogens (tertiary/aromatic N) is 1. The minimum atomic E-state index is -0.302. The van der Waals surface area contributed by atoms with Crippen molar-refractivity contribution in [3.63, 3.8) is 0 Å². The fourth-order valence-corrected chi connectivity index (χ4v) is 2.04. The Morgan fingerprint density at radius 1 is 1.24 bits per heavy atom. The van der Waals surface area contributed by atoms with Crippen LogP contribution >= 0.6 is 0 Å². The Labute approximate surface area is 123 Å². The third kappa shape index (κ3) is 3.72. The Balaban J connectivity index is 2.03. The first-order chi connectivity index (χ1) is 9.97. The largest absolute Gasteiger partial charge is 0.397 e. The molecule has 0 spiro atoms. The molecule has 0 heterocycles. The number of benzene rings is 2. The maximum Gasteiger partial charge on any atom is 0.243 e. The van der Waals surface area contributed by atoms with Gasteiger partial charge < -0.3 is 16.0 Å². The second-order valence-electron chi connectivity index (χ2n) is 4.92. The van der Waals surface area contributed by atoms with E-state index in [1.165, 1.54) is 12.1 Å². The highest BCUT2D eigenvalue weighted by Crippen LogP contribution is 2.22. The number of likely N-dealkylation sites (N-methyl/N-ethyl adjacent to an activating group) is 1. The Morgan fingerprint density at radius 3 is 2.52 bits per heavy atom. The first kappa shape index (κ1) is 14.8. The quantitative estimate of drug-likeness (QED) is 0.850. The summed E-state index contributed by atoms with van der Waals surface area (Å²) in [6, 6.07) is 11.5. The van der Waals surface area contributed by atoms with Crippen molar-refractivity contribution in [3.05, 3.63) is 53.8 Å². The molecule has 3 N–H and O–H groups in total. The van der Waals surface area contributed by atoms with E-state index in [0.717, 1.165) is 11.3 Å². The number of carbonyl (C=O) groups excluding carboxylic acids is 1. The lowest BCUT2D eigenvalue weighted by Crippen LogP contribution is -2.30. The molecular formula is C16H18FN3O. The minimum absolute atomic E-state index is 0.152. The topological polar surface area (TPSA) is 58.4 Å². The maximum atomic E-state index is 12.9. The van der Waals surface area contributed by atoms with Gasteiger partial charge in [-0.2, -0.15) is 0 Å². The van der Waals surface area contributed by atoms with Gasteiger partial charge in [0.2, 0.25) is 5.91 Å². The number of nitrogens with one attached hydrogen (secondary N) is 1. The molecule has 0 aromatic heterocycles. The normalized spacial score (nSPS) is 10.2. The summed E-state index contributed by atoms with van der Waals surface area (Å²) in [6.45, 7) is 2.04. The van der Waals surface area contributed by atoms with Crippen LogP contribution in [0.5, 0.6) is 0 Å². The van der Waals surface area contributed by atoms with Crippen molar-refractivity contribution in [2.24, 2.45) is 0 Å². The van der Waals surface area contributed by atoms with Crippen molar-refractivity contribution in [2.75, 3.05) is 29.5 Å². The van der Waals surface area contributed by atoms with E-state index >= 15 is 0 Å². The van der Waals surface area contributed by atoms with Crippen molar-refractivity contribution in [1.29, 1.82) is 0 Å². The van der Waals surface area contributed by atoms with Crippen molar-refractivity contribution >= 4 is 23.0 Å². The zero-order valence-corrected chi connectivity index (χ0v) is 12.1. The van der Waals surface area contributed by atoms with Gasteiger partial charge >= 0.3 is 0 Å². The summed E-state index contributed by atoms with van der Waals surface area (Å²) in [4.78, 5) is 13.8. The molecule has 0 atom stereocenters. The number of aryl methyl sites for hydroxylation is 1. The summed E-state index contributed by atoms with van der Waals surface area (Å²) in [5.74, 6) is -0.480. The molecule has 0 aliphatic carbocycles. The van der Waals surface area contributed by atoms with Gasteiger partial charge in [0.25, 0.3) is 0 Å². The van der Waals surface area contributed by atoms with Crippen LogP contribution in [0.25, 0.3) is 0 Å². The monoisotopic (exact) mass is 287 g/mol. The average Bonchev–Trinajstić information content (AvgIpc) is 2.43. The molecule has 21 heavy (non-hydrogen) atoms. The van der Waals surface area contributed by atoms with Crippen LogP contribution in [0.3, 0.4) is 0 Å². The van der Waals surface area contributed by atoms with Crippen LogP contribution in [0.15, 0.2) is 42.5 Å². The summed E-state index contributed by atoms with van der Waals surface area (Å²) in [5.41, 5.74) is 8.71. The zero-order chi connectivity index (χ0) is 15.4. The first-order valence-electron chi connectivity index (χ1n) is 6.59. The smallest absolute Gasteiger partial charge is 0.243 e. The van der Waals surface area contributed by atoms with Gasteiger partial charge in [-0.15, -0.1) is 0 Å². The van der Waals surface area contributed by atoms with Crippen molar-refractivity contribution in [1.82, 2.24) is 0 Å². The highest BCUT2D eigenvalue weighted by molar-refractivity contribution is 5.97. The van der Waals surface area contributed by atoms with Gasteiger partial charge in [0.15, 0.2) is 0 Å². The number of nitrogens with two attached hydrogens (primary N) is 1. The Bertz CT molecular complexity index is 620. The van der Waals surface area contributed by atoms with Gasteiger partial charge in [-0.1, -0.05) is 12.1 Å². The second-order valence-corrected chi connectivity index (χ2v) is 4.92. The van der Waals surface area contributed by atoms with Crippen molar-refractivity contribution in [3.8, 4) is 0 Å². The number of nitrogen functional groups attached to an aromatic ring is 1. The van der Waals surface area contributed by atoms with E-state index in [-0.39, 0.29) is 18.3 Å². The summed E-state index contributed by atoms with van der Waals surface area (Å²) in [5, 5.41) is 2.81. The molecule has 0 radical (unpaired) electrons. The predicted octanol–water partition coefficient (Wildman–Crippen LogP) is 2.79. The minimum Gasteiger partial charge on any atom is -0.397 e. The van der Waals surface area contributed by atoms with E-state index in [2.05, 4.69) is 5.32 Å². The molecule has 2 aromatic carbocycles. The van der Waals surface area contributed by atoms with Crippen molar-refractivity contribution in [2.45, 2.75) is 6.92 Å². The van der Waals surface area contributed by atoms with Crippen LogP contribution in [0.4, 0.5) is 21.5 Å². The highest BCUT2D eigenvalue weighted by atomic mass is 19.1. The molecule has 0 aliphatic heterocycles. The highest BCUT2D eigenvalue weighted by Gasteiger charge is 2.11. The van der Waals surface area contributed by atoms with E-state index in [9.17, 15) is 9.18 Å². The van der Waals surface area contributed by atoms with E-state index in [0.29, 0.717) is 11.4 Å². The lowest BCUT2D eigenvalue weighted by Gasteiger charge is -2.19. The number of halogens is 1. The molecule has 0 saturated heterocycles. The molecule has 4 nitrogen and oxygen atoms in total. The van der Waals surface area contributed by atoms with Gasteiger partial charge in [0.1, 0.15) is 5.82 Å². The Kier molecular flexibility index (Phi) is 4.42. The van der Waals surface area contributed by atoms with Gasteiger partial charge in [0.05, 0.1) is 17.9 Å². The molecule has 2 aromatic rings. The molecule has 110 valence electrons. The molecular weight excluding hydrogens is 269 g/mol. The van der Waals surface area contributed by atoms with E-state index in [4.69, 9.17) is 5.73 Å². The predicted molar refractivity (Wildman–Crippen MR) is 83.9 cm³/mol. The van der Waals surface area contributed by atoms with Crippen molar-refractivity contribution < 1.29 is 9.18 Å². The SMILES string of the molecule is Cc1cccc(N)c1NC(=O)CN(C)c1ccc(F)cc1. The fourth-order valence-electron chi connectivity index (χ4n) is 2.04. The number of hydrogen-bond acceptors (Lipinski definition) is 3. The van der Waals surface area contributed by atoms with Crippen LogP contribution in [0, 0.1) is 12.7 Å². The fraction of sp³-hybridized carbons (Fsp3) is 0.188. The third-order valence-corrected chi connectivity index (χ3v) is 3.22. The van der Waals surface area contributed by atoms with Crippen LogP contribution in [0.2, 0.25) is 0 Å². The number of rotatable bonds is 4. The van der Waals surface area contributed by atoms with Gasteiger partial charge in [-0.25, -0.2) is 4.39 Å². The number of para-hydroxylation sites is 1. The summed E-state index contributed by atoms with van der Waals surface area (Å²) >= 11 is 0. The molecule has 0 bridgehead atoms. The van der Waals surface area contributed by atoms with Crippen LogP contribution in [0.1, 0.15) is 5.56 Å². The summed E-state index contributed by atoms with van der Waals surface area (Å²) in [7, 11) is 1.77. The van der Waals surface area contributed by atoms with Crippen LogP contribution in [-0.2, 0) is 4.79 Å². The number of hydrogen-bond donors (Lipinski definition) is 2. The summed E-state index contributed by atoms with van der Waals surface area (Å²) in [6.07, 6.45) is 0. The molecule has 2 rings (SSSR count). The first-order valence-corrected chi connectivity index (χ1v) is 6.59. The van der Waals surface area contributed by atoms with E-state index in [1.54, 1.807) is 30.1 Å². The second kappa shape index (κ2) is 6.26.